The van der Waals surface area contributed by atoms with Crippen molar-refractivity contribution in [3.05, 3.63) is 42.0 Å². The van der Waals surface area contributed by atoms with E-state index in [0.29, 0.717) is 11.3 Å². The molecule has 9 nitrogen and oxygen atoms in total. The smallest absolute Gasteiger partial charge is 0.330 e. The molecule has 0 aliphatic heterocycles. The van der Waals surface area contributed by atoms with Gasteiger partial charge >= 0.3 is 11.9 Å². The Morgan fingerprint density at radius 3 is 2.58 bits per heavy atom. The second-order valence-electron chi connectivity index (χ2n) is 5.25. The van der Waals surface area contributed by atoms with Crippen molar-refractivity contribution in [2.24, 2.45) is 5.73 Å². The lowest BCUT2D eigenvalue weighted by Gasteiger charge is -2.15. The number of carboxylic acid groups (broad SMARTS) is 1. The average molecular weight is 363 g/mol. The summed E-state index contributed by atoms with van der Waals surface area (Å²) in [5.41, 5.74) is 6.86. The summed E-state index contributed by atoms with van der Waals surface area (Å²) in [7, 11) is 1.18. The highest BCUT2D eigenvalue weighted by Crippen LogP contribution is 2.17. The number of carbonyl (C=O) groups is 4. The number of aliphatic carboxylic acids is 1. The molecular formula is C17H21N3O6. The predicted octanol–water partition coefficient (Wildman–Crippen LogP) is -0.185. The molecule has 0 saturated carbocycles. The minimum Gasteiger partial charge on any atom is -0.481 e. The number of methoxy groups -OCH3 is 1. The van der Waals surface area contributed by atoms with Crippen LogP contribution in [0.4, 0.5) is 5.69 Å². The molecule has 140 valence electrons. The number of amides is 2. The maximum atomic E-state index is 12.1. The Hall–Kier alpha value is -3.20. The van der Waals surface area contributed by atoms with Crippen LogP contribution in [0.2, 0.25) is 0 Å². The van der Waals surface area contributed by atoms with E-state index >= 15 is 0 Å². The van der Waals surface area contributed by atoms with Crippen LogP contribution in [0.5, 0.6) is 0 Å². The van der Waals surface area contributed by atoms with E-state index in [4.69, 9.17) is 10.8 Å². The predicted molar refractivity (Wildman–Crippen MR) is 93.2 cm³/mol. The van der Waals surface area contributed by atoms with Crippen molar-refractivity contribution in [3.8, 4) is 0 Å². The molecule has 1 aromatic rings. The number of benzene rings is 1. The highest BCUT2D eigenvalue weighted by atomic mass is 16.5. The van der Waals surface area contributed by atoms with Crippen LogP contribution in [0.15, 0.2) is 36.4 Å². The highest BCUT2D eigenvalue weighted by Gasteiger charge is 2.16. The van der Waals surface area contributed by atoms with Crippen molar-refractivity contribution in [3.63, 3.8) is 0 Å². The summed E-state index contributed by atoms with van der Waals surface area (Å²) in [6, 6.07) is 5.76. The third-order valence-corrected chi connectivity index (χ3v) is 3.29. The molecule has 1 aromatic carbocycles. The largest absolute Gasteiger partial charge is 0.481 e. The number of aryl methyl sites for hydroxylation is 1. The van der Waals surface area contributed by atoms with Gasteiger partial charge < -0.3 is 26.2 Å². The van der Waals surface area contributed by atoms with Crippen molar-refractivity contribution < 1.29 is 29.0 Å². The van der Waals surface area contributed by atoms with Gasteiger partial charge in [-0.25, -0.2) is 4.79 Å². The van der Waals surface area contributed by atoms with E-state index < -0.39 is 29.8 Å². The second kappa shape index (κ2) is 10.6. The van der Waals surface area contributed by atoms with Crippen LogP contribution in [0.3, 0.4) is 0 Å². The monoisotopic (exact) mass is 363 g/mol. The summed E-state index contributed by atoms with van der Waals surface area (Å²) < 4.78 is 4.35. The van der Waals surface area contributed by atoms with Crippen molar-refractivity contribution in [2.45, 2.75) is 18.9 Å². The number of hydrogen-bond donors (Lipinski definition) is 4. The topological polar surface area (TPSA) is 148 Å². The number of esters is 1. The van der Waals surface area contributed by atoms with Gasteiger partial charge in [0.05, 0.1) is 7.11 Å². The van der Waals surface area contributed by atoms with Crippen LogP contribution in [-0.2, 0) is 30.3 Å². The van der Waals surface area contributed by atoms with Gasteiger partial charge in [0.1, 0.15) is 6.04 Å². The van der Waals surface area contributed by atoms with Gasteiger partial charge in [0.15, 0.2) is 0 Å². The molecular weight excluding hydrogens is 342 g/mol. The summed E-state index contributed by atoms with van der Waals surface area (Å²) in [5.74, 6) is -2.75. The number of rotatable bonds is 9. The molecule has 0 aliphatic carbocycles. The molecule has 0 heterocycles. The highest BCUT2D eigenvalue weighted by molar-refractivity contribution is 5.97. The first-order valence-electron chi connectivity index (χ1n) is 7.73. The molecule has 1 unspecified atom stereocenters. The van der Waals surface area contributed by atoms with E-state index in [1.165, 1.54) is 7.11 Å². The molecule has 0 bridgehead atoms. The Bertz CT molecular complexity index is 701. The quantitative estimate of drug-likeness (QED) is 0.351. The van der Waals surface area contributed by atoms with Crippen LogP contribution in [0.25, 0.3) is 0 Å². The minimum absolute atomic E-state index is 0.0679. The summed E-state index contributed by atoms with van der Waals surface area (Å²) in [4.78, 5) is 45.2. The Balaban J connectivity index is 2.57. The molecule has 0 aromatic heterocycles. The van der Waals surface area contributed by atoms with E-state index in [0.717, 1.165) is 12.2 Å². The SMILES string of the molecule is COC(=O)C=CC(=O)NCC(N)C(=O)Nc1ccccc1CCC(=O)O. The van der Waals surface area contributed by atoms with Gasteiger partial charge in [-0.2, -0.15) is 0 Å². The maximum Gasteiger partial charge on any atom is 0.330 e. The summed E-state index contributed by atoms with van der Waals surface area (Å²) >= 11 is 0. The second-order valence-corrected chi connectivity index (χ2v) is 5.25. The van der Waals surface area contributed by atoms with E-state index in [9.17, 15) is 19.2 Å². The third kappa shape index (κ3) is 7.58. The number of carboxylic acids is 1. The van der Waals surface area contributed by atoms with Crippen molar-refractivity contribution >= 4 is 29.4 Å². The van der Waals surface area contributed by atoms with E-state index in [1.54, 1.807) is 24.3 Å². The van der Waals surface area contributed by atoms with E-state index in [-0.39, 0.29) is 19.4 Å². The number of anilines is 1. The molecule has 0 radical (unpaired) electrons. The fourth-order valence-corrected chi connectivity index (χ4v) is 1.90. The zero-order chi connectivity index (χ0) is 19.5. The van der Waals surface area contributed by atoms with Crippen molar-refractivity contribution in [1.82, 2.24) is 5.32 Å². The molecule has 5 N–H and O–H groups in total. The first kappa shape index (κ1) is 20.8. The first-order valence-corrected chi connectivity index (χ1v) is 7.73. The van der Waals surface area contributed by atoms with Gasteiger partial charge in [-0.1, -0.05) is 18.2 Å². The molecule has 0 aliphatic rings. The summed E-state index contributed by atoms with van der Waals surface area (Å²) in [6.45, 7) is -0.145. The Morgan fingerprint density at radius 2 is 1.92 bits per heavy atom. The molecule has 0 fully saturated rings. The molecule has 0 saturated heterocycles. The van der Waals surface area contributed by atoms with Gasteiger partial charge in [-0.05, 0) is 18.1 Å². The lowest BCUT2D eigenvalue weighted by molar-refractivity contribution is -0.137. The fourth-order valence-electron chi connectivity index (χ4n) is 1.90. The van der Waals surface area contributed by atoms with Gasteiger partial charge in [0.25, 0.3) is 0 Å². The van der Waals surface area contributed by atoms with Crippen LogP contribution in [0, 0.1) is 0 Å². The van der Waals surface area contributed by atoms with Gasteiger partial charge in [0, 0.05) is 30.8 Å². The number of nitrogens with two attached hydrogens (primary N) is 1. The van der Waals surface area contributed by atoms with Crippen molar-refractivity contribution in [1.29, 1.82) is 0 Å². The lowest BCUT2D eigenvalue weighted by atomic mass is 10.1. The minimum atomic E-state index is -1.03. The standard InChI is InChI=1S/C17H21N3O6/c1-26-16(24)9-7-14(21)19-10-12(18)17(25)20-13-5-3-2-4-11(13)6-8-15(22)23/h2-5,7,9,12H,6,8,10,18H2,1H3,(H,19,21)(H,20,25)(H,22,23). The Morgan fingerprint density at radius 1 is 1.23 bits per heavy atom. The fraction of sp³-hybridized carbons (Fsp3) is 0.294. The molecule has 2 amide bonds. The number of carbonyl (C=O) groups excluding carboxylic acids is 3. The van der Waals surface area contributed by atoms with Crippen LogP contribution < -0.4 is 16.4 Å². The average Bonchev–Trinajstić information content (AvgIpc) is 2.63. The van der Waals surface area contributed by atoms with Crippen LogP contribution >= 0.6 is 0 Å². The number of nitrogens with one attached hydrogen (secondary N) is 2. The maximum absolute atomic E-state index is 12.1. The molecule has 9 heteroatoms. The van der Waals surface area contributed by atoms with Gasteiger partial charge in [-0.15, -0.1) is 0 Å². The molecule has 26 heavy (non-hydrogen) atoms. The number of para-hydroxylation sites is 1. The normalized spacial score (nSPS) is 11.6. The van der Waals surface area contributed by atoms with E-state index in [2.05, 4.69) is 15.4 Å². The zero-order valence-corrected chi connectivity index (χ0v) is 14.2. The summed E-state index contributed by atoms with van der Waals surface area (Å²) in [6.07, 6.45) is 2.11. The lowest BCUT2D eigenvalue weighted by Crippen LogP contribution is -2.45. The Kier molecular flexibility index (Phi) is 8.51. The van der Waals surface area contributed by atoms with Crippen LogP contribution in [-0.4, -0.2) is 48.6 Å². The van der Waals surface area contributed by atoms with Gasteiger partial charge in [-0.3, -0.25) is 14.4 Å². The number of hydrogen-bond acceptors (Lipinski definition) is 6. The van der Waals surface area contributed by atoms with Gasteiger partial charge in [0.2, 0.25) is 11.8 Å². The third-order valence-electron chi connectivity index (χ3n) is 3.29. The molecule has 1 rings (SSSR count). The van der Waals surface area contributed by atoms with Crippen molar-refractivity contribution in [2.75, 3.05) is 19.0 Å². The zero-order valence-electron chi connectivity index (χ0n) is 14.2. The van der Waals surface area contributed by atoms with Crippen LogP contribution in [0.1, 0.15) is 12.0 Å². The van der Waals surface area contributed by atoms with E-state index in [1.807, 2.05) is 0 Å². The molecule has 1 atom stereocenters. The summed E-state index contributed by atoms with van der Waals surface area (Å²) in [5, 5.41) is 13.8. The molecule has 0 spiro atoms. The Labute approximate surface area is 150 Å². The first-order chi connectivity index (χ1) is 12.3. The number of ether oxygens (including phenoxy) is 1.